The van der Waals surface area contributed by atoms with Gasteiger partial charge in [-0.25, -0.2) is 4.79 Å². The maximum atomic E-state index is 12.1. The molecule has 0 radical (unpaired) electrons. The first-order valence-electron chi connectivity index (χ1n) is 6.28. The van der Waals surface area contributed by atoms with Crippen molar-refractivity contribution >= 4 is 11.9 Å². The molecule has 17 heavy (non-hydrogen) atoms. The van der Waals surface area contributed by atoms with Crippen molar-refractivity contribution in [2.24, 2.45) is 5.92 Å². The highest BCUT2D eigenvalue weighted by Crippen LogP contribution is 2.22. The monoisotopic (exact) mass is 241 g/mol. The quantitative estimate of drug-likeness (QED) is 0.796. The van der Waals surface area contributed by atoms with E-state index in [2.05, 4.69) is 0 Å². The Morgan fingerprint density at radius 3 is 2.76 bits per heavy atom. The van der Waals surface area contributed by atoms with Crippen LogP contribution < -0.4 is 0 Å². The SMILES string of the molecule is O=C(O)[C@H]1CCCCN1C(=O)C[C@H]1CCOC1. The largest absolute Gasteiger partial charge is 0.480 e. The highest BCUT2D eigenvalue weighted by atomic mass is 16.5. The minimum atomic E-state index is -0.874. The molecule has 2 heterocycles. The molecule has 0 unspecified atom stereocenters. The third-order valence-electron chi connectivity index (χ3n) is 3.60. The number of carbonyl (C=O) groups excluding carboxylic acids is 1. The fourth-order valence-corrected chi connectivity index (χ4v) is 2.60. The lowest BCUT2D eigenvalue weighted by atomic mass is 9.99. The van der Waals surface area contributed by atoms with Crippen LogP contribution in [0, 0.1) is 5.92 Å². The standard InChI is InChI=1S/C12H19NO4/c14-11(7-9-4-6-17-8-9)13-5-2-1-3-10(13)12(15)16/h9-10H,1-8H2,(H,15,16)/t9-,10-/m1/s1. The van der Waals surface area contributed by atoms with Crippen molar-refractivity contribution in [3.8, 4) is 0 Å². The molecule has 0 saturated carbocycles. The van der Waals surface area contributed by atoms with Crippen molar-refractivity contribution in [1.82, 2.24) is 4.90 Å². The van der Waals surface area contributed by atoms with Crippen LogP contribution in [0.4, 0.5) is 0 Å². The van der Waals surface area contributed by atoms with E-state index < -0.39 is 12.0 Å². The molecular weight excluding hydrogens is 222 g/mol. The van der Waals surface area contributed by atoms with Crippen molar-refractivity contribution in [1.29, 1.82) is 0 Å². The number of carboxylic acids is 1. The van der Waals surface area contributed by atoms with Gasteiger partial charge in [0.05, 0.1) is 0 Å². The van der Waals surface area contributed by atoms with Gasteiger partial charge in [0.2, 0.25) is 5.91 Å². The van der Waals surface area contributed by atoms with E-state index in [9.17, 15) is 9.59 Å². The van der Waals surface area contributed by atoms with Gasteiger partial charge in [-0.1, -0.05) is 0 Å². The number of nitrogens with zero attached hydrogens (tertiary/aromatic N) is 1. The summed E-state index contributed by atoms with van der Waals surface area (Å²) in [5, 5.41) is 9.10. The van der Waals surface area contributed by atoms with Gasteiger partial charge in [0, 0.05) is 26.2 Å². The van der Waals surface area contributed by atoms with Gasteiger partial charge >= 0.3 is 5.97 Å². The maximum Gasteiger partial charge on any atom is 0.326 e. The lowest BCUT2D eigenvalue weighted by molar-refractivity contribution is -0.152. The van der Waals surface area contributed by atoms with Crippen LogP contribution in [0.5, 0.6) is 0 Å². The van der Waals surface area contributed by atoms with E-state index in [4.69, 9.17) is 9.84 Å². The summed E-state index contributed by atoms with van der Waals surface area (Å²) in [6, 6.07) is -0.612. The number of likely N-dealkylation sites (tertiary alicyclic amines) is 1. The summed E-state index contributed by atoms with van der Waals surface area (Å²) < 4.78 is 5.23. The van der Waals surface area contributed by atoms with Crippen LogP contribution in [0.1, 0.15) is 32.1 Å². The van der Waals surface area contributed by atoms with Crippen LogP contribution in [0.3, 0.4) is 0 Å². The van der Waals surface area contributed by atoms with E-state index in [1.165, 1.54) is 0 Å². The van der Waals surface area contributed by atoms with Crippen molar-refractivity contribution in [2.45, 2.75) is 38.1 Å². The molecule has 0 bridgehead atoms. The van der Waals surface area contributed by atoms with Crippen LogP contribution in [0.15, 0.2) is 0 Å². The molecule has 0 aromatic rings. The van der Waals surface area contributed by atoms with E-state index >= 15 is 0 Å². The predicted octanol–water partition coefficient (Wildman–Crippen LogP) is 0.879. The Bertz CT molecular complexity index is 299. The molecule has 0 aromatic heterocycles. The lowest BCUT2D eigenvalue weighted by Gasteiger charge is -2.33. The summed E-state index contributed by atoms with van der Waals surface area (Å²) in [7, 11) is 0. The predicted molar refractivity (Wildman–Crippen MR) is 60.5 cm³/mol. The fraction of sp³-hybridized carbons (Fsp3) is 0.833. The second-order valence-electron chi connectivity index (χ2n) is 4.87. The molecule has 0 aliphatic carbocycles. The second kappa shape index (κ2) is 5.49. The average Bonchev–Trinajstić information content (AvgIpc) is 2.81. The summed E-state index contributed by atoms with van der Waals surface area (Å²) in [6.07, 6.45) is 3.74. The summed E-state index contributed by atoms with van der Waals surface area (Å²) in [5.41, 5.74) is 0. The van der Waals surface area contributed by atoms with Gasteiger partial charge in [-0.15, -0.1) is 0 Å². The molecular formula is C12H19NO4. The first kappa shape index (κ1) is 12.4. The van der Waals surface area contributed by atoms with Gasteiger partial charge in [0.1, 0.15) is 6.04 Å². The zero-order valence-electron chi connectivity index (χ0n) is 9.93. The molecule has 5 nitrogen and oxygen atoms in total. The summed E-state index contributed by atoms with van der Waals surface area (Å²) in [4.78, 5) is 24.7. The third-order valence-corrected chi connectivity index (χ3v) is 3.60. The molecule has 1 N–H and O–H groups in total. The molecule has 0 spiro atoms. The zero-order chi connectivity index (χ0) is 12.3. The maximum absolute atomic E-state index is 12.1. The molecule has 2 rings (SSSR count). The minimum Gasteiger partial charge on any atom is -0.480 e. The normalized spacial score (nSPS) is 29.3. The average molecular weight is 241 g/mol. The first-order chi connectivity index (χ1) is 8.18. The topological polar surface area (TPSA) is 66.8 Å². The summed E-state index contributed by atoms with van der Waals surface area (Å²) >= 11 is 0. The van der Waals surface area contributed by atoms with Crippen LogP contribution in [0.25, 0.3) is 0 Å². The Morgan fingerprint density at radius 2 is 2.12 bits per heavy atom. The van der Waals surface area contributed by atoms with Gasteiger partial charge in [0.15, 0.2) is 0 Å². The highest BCUT2D eigenvalue weighted by Gasteiger charge is 2.33. The summed E-state index contributed by atoms with van der Waals surface area (Å²) in [6.45, 7) is 1.95. The minimum absolute atomic E-state index is 0.0207. The Labute approximate surface area is 101 Å². The number of aliphatic carboxylic acids is 1. The van der Waals surface area contributed by atoms with Crippen molar-refractivity contribution in [3.63, 3.8) is 0 Å². The number of hydrogen-bond acceptors (Lipinski definition) is 3. The molecule has 2 fully saturated rings. The molecule has 96 valence electrons. The molecule has 0 aromatic carbocycles. The van der Waals surface area contributed by atoms with Crippen molar-refractivity contribution in [2.75, 3.05) is 19.8 Å². The number of hydrogen-bond donors (Lipinski definition) is 1. The van der Waals surface area contributed by atoms with Gasteiger partial charge in [-0.3, -0.25) is 4.79 Å². The van der Waals surface area contributed by atoms with Crippen molar-refractivity contribution in [3.05, 3.63) is 0 Å². The first-order valence-corrected chi connectivity index (χ1v) is 6.28. The van der Waals surface area contributed by atoms with Crippen LogP contribution in [-0.4, -0.2) is 47.7 Å². The number of carbonyl (C=O) groups is 2. The molecule has 2 aliphatic heterocycles. The Morgan fingerprint density at radius 1 is 1.29 bits per heavy atom. The number of carboxylic acid groups (broad SMARTS) is 1. The Hall–Kier alpha value is -1.10. The van der Waals surface area contributed by atoms with E-state index in [1.54, 1.807) is 4.90 Å². The van der Waals surface area contributed by atoms with Gasteiger partial charge in [-0.05, 0) is 31.6 Å². The smallest absolute Gasteiger partial charge is 0.326 e. The molecule has 2 atom stereocenters. The number of rotatable bonds is 3. The highest BCUT2D eigenvalue weighted by molar-refractivity contribution is 5.84. The Kier molecular flexibility index (Phi) is 3.99. The molecule has 2 saturated heterocycles. The Balaban J connectivity index is 1.93. The zero-order valence-corrected chi connectivity index (χ0v) is 9.93. The molecule has 1 amide bonds. The van der Waals surface area contributed by atoms with Crippen molar-refractivity contribution < 1.29 is 19.4 Å². The van der Waals surface area contributed by atoms with Crippen LogP contribution in [-0.2, 0) is 14.3 Å². The van der Waals surface area contributed by atoms with Gasteiger partial charge < -0.3 is 14.7 Å². The van der Waals surface area contributed by atoms with Crippen LogP contribution in [0.2, 0.25) is 0 Å². The number of piperidine rings is 1. The van der Waals surface area contributed by atoms with E-state index in [0.717, 1.165) is 25.9 Å². The van der Waals surface area contributed by atoms with E-state index in [-0.39, 0.29) is 11.8 Å². The van der Waals surface area contributed by atoms with E-state index in [0.29, 0.717) is 26.0 Å². The van der Waals surface area contributed by atoms with Crippen LogP contribution >= 0.6 is 0 Å². The number of amides is 1. The second-order valence-corrected chi connectivity index (χ2v) is 4.87. The third kappa shape index (κ3) is 2.97. The molecule has 2 aliphatic rings. The summed E-state index contributed by atoms with van der Waals surface area (Å²) in [5.74, 6) is -0.618. The number of ether oxygens (including phenoxy) is 1. The fourth-order valence-electron chi connectivity index (χ4n) is 2.60. The van der Waals surface area contributed by atoms with E-state index in [1.807, 2.05) is 0 Å². The van der Waals surface area contributed by atoms with Gasteiger partial charge in [0.25, 0.3) is 0 Å². The lowest BCUT2D eigenvalue weighted by Crippen LogP contribution is -2.48. The molecule has 5 heteroatoms. The van der Waals surface area contributed by atoms with Gasteiger partial charge in [-0.2, -0.15) is 0 Å².